The number of nitrogens with zero attached hydrogens (tertiary/aromatic N) is 2. The van der Waals surface area contributed by atoms with E-state index in [0.717, 1.165) is 6.07 Å². The van der Waals surface area contributed by atoms with Gasteiger partial charge in [0, 0.05) is 43.0 Å². The number of carboxylic acids is 1. The summed E-state index contributed by atoms with van der Waals surface area (Å²) in [5, 5.41) is 12.2. The van der Waals surface area contributed by atoms with Crippen LogP contribution in [0.15, 0.2) is 65.6 Å². The second-order valence-electron chi connectivity index (χ2n) is 13.2. The molecule has 1 saturated heterocycles. The fourth-order valence-corrected chi connectivity index (χ4v) is 6.75. The van der Waals surface area contributed by atoms with Gasteiger partial charge in [-0.25, -0.2) is 8.78 Å². The van der Waals surface area contributed by atoms with Crippen molar-refractivity contribution in [2.45, 2.75) is 57.3 Å². The molecule has 0 radical (unpaired) electrons. The average Bonchev–Trinajstić information content (AvgIpc) is 3.03. The summed E-state index contributed by atoms with van der Waals surface area (Å²) in [6, 6.07) is 5.91. The van der Waals surface area contributed by atoms with E-state index >= 15 is 4.39 Å². The number of hydrogen-bond donors (Lipinski definition) is 2. The van der Waals surface area contributed by atoms with Gasteiger partial charge in [0.25, 0.3) is 5.56 Å². The Labute approximate surface area is 296 Å². The summed E-state index contributed by atoms with van der Waals surface area (Å²) in [4.78, 5) is 41.5. The molecule has 0 aliphatic carbocycles. The van der Waals surface area contributed by atoms with Crippen LogP contribution in [0.25, 0.3) is 11.1 Å². The molecule has 0 saturated carbocycles. The summed E-state index contributed by atoms with van der Waals surface area (Å²) in [5.74, 6) is -4.19. The van der Waals surface area contributed by atoms with Gasteiger partial charge in [0.2, 0.25) is 5.91 Å². The van der Waals surface area contributed by atoms with E-state index in [1.54, 1.807) is 19.1 Å². The van der Waals surface area contributed by atoms with Crippen LogP contribution in [0.2, 0.25) is 0 Å². The lowest BCUT2D eigenvalue weighted by molar-refractivity contribution is -0.139. The van der Waals surface area contributed by atoms with E-state index < -0.39 is 88.3 Å². The standard InChI is InChI=1S/C37H31F8N3O5/c1-18-4-3-5-29-32(18)21-8-19(2)33(39)26(11-21)28(14-31(50)51)46-35(52)34(22-9-23(36(40,41)42)12-25(10-22)53-29)48-15-20(6-7-47-16-24(38)17-47)27(13-30(48)49)37(43,44)45/h3-5,8-13,15,24,28,34H,6-7,14,16-17H2,1-2H3,(H,46,52)(H,50,51)/t28-,34?/m0/s1. The Bertz CT molecular complexity index is 2160. The minimum atomic E-state index is -5.06. The Morgan fingerprint density at radius 3 is 2.32 bits per heavy atom. The highest BCUT2D eigenvalue weighted by Gasteiger charge is 2.39. The first-order chi connectivity index (χ1) is 24.8. The summed E-state index contributed by atoms with van der Waals surface area (Å²) in [6.45, 7) is 2.90. The number of carbonyl (C=O) groups excluding carboxylic acids is 1. The van der Waals surface area contributed by atoms with E-state index in [-0.39, 0.29) is 54.6 Å². The minimum Gasteiger partial charge on any atom is -0.481 e. The molecule has 2 N–H and O–H groups in total. The Hall–Kier alpha value is -5.25. The number of nitrogens with one attached hydrogen (secondary N) is 1. The quantitative estimate of drug-likeness (QED) is 0.198. The van der Waals surface area contributed by atoms with Crippen LogP contribution < -0.4 is 15.6 Å². The molecule has 16 heteroatoms. The van der Waals surface area contributed by atoms with E-state index in [1.165, 1.54) is 30.0 Å². The molecule has 4 aromatic rings. The summed E-state index contributed by atoms with van der Waals surface area (Å²) < 4.78 is 122. The molecule has 2 atom stereocenters. The molecule has 4 bridgehead atoms. The number of likely N-dealkylation sites (tertiary alicyclic amines) is 1. The lowest BCUT2D eigenvalue weighted by Gasteiger charge is -2.34. The van der Waals surface area contributed by atoms with Gasteiger partial charge in [0.1, 0.15) is 29.5 Å². The van der Waals surface area contributed by atoms with Crippen LogP contribution in [0.1, 0.15) is 57.4 Å². The number of ether oxygens (including phenoxy) is 1. The topological polar surface area (TPSA) is 101 Å². The number of pyridine rings is 1. The lowest BCUT2D eigenvalue weighted by Crippen LogP contribution is -2.49. The lowest BCUT2D eigenvalue weighted by atomic mass is 9.92. The van der Waals surface area contributed by atoms with E-state index in [4.69, 9.17) is 4.74 Å². The number of rotatable bonds is 6. The molecule has 0 spiro atoms. The molecule has 1 unspecified atom stereocenters. The van der Waals surface area contributed by atoms with E-state index in [2.05, 4.69) is 5.32 Å². The van der Waals surface area contributed by atoms with Crippen molar-refractivity contribution in [3.63, 3.8) is 0 Å². The largest absolute Gasteiger partial charge is 0.481 e. The zero-order valence-electron chi connectivity index (χ0n) is 28.0. The first-order valence-electron chi connectivity index (χ1n) is 16.3. The third-order valence-corrected chi connectivity index (χ3v) is 9.28. The zero-order valence-corrected chi connectivity index (χ0v) is 28.0. The smallest absolute Gasteiger partial charge is 0.416 e. The molecule has 8 nitrogen and oxygen atoms in total. The van der Waals surface area contributed by atoms with Crippen molar-refractivity contribution in [2.24, 2.45) is 0 Å². The molecule has 6 rings (SSSR count). The van der Waals surface area contributed by atoms with Crippen LogP contribution in [0.4, 0.5) is 35.1 Å². The van der Waals surface area contributed by atoms with Gasteiger partial charge in [0.15, 0.2) is 0 Å². The van der Waals surface area contributed by atoms with Crippen LogP contribution in [-0.4, -0.2) is 52.3 Å². The number of hydrogen-bond acceptors (Lipinski definition) is 5. The maximum Gasteiger partial charge on any atom is 0.416 e. The van der Waals surface area contributed by atoms with E-state index in [9.17, 15) is 50.2 Å². The Balaban J connectivity index is 1.63. The zero-order chi connectivity index (χ0) is 38.6. The van der Waals surface area contributed by atoms with Crippen molar-refractivity contribution in [1.29, 1.82) is 0 Å². The number of aliphatic carboxylic acids is 1. The van der Waals surface area contributed by atoms with Gasteiger partial charge in [-0.05, 0) is 84.5 Å². The molecule has 53 heavy (non-hydrogen) atoms. The monoisotopic (exact) mass is 749 g/mol. The van der Waals surface area contributed by atoms with Crippen LogP contribution >= 0.6 is 0 Å². The number of alkyl halides is 7. The average molecular weight is 750 g/mol. The van der Waals surface area contributed by atoms with Crippen molar-refractivity contribution in [3.05, 3.63) is 116 Å². The van der Waals surface area contributed by atoms with Gasteiger partial charge in [-0.15, -0.1) is 0 Å². The van der Waals surface area contributed by atoms with Crippen molar-refractivity contribution in [3.8, 4) is 22.6 Å². The molecule has 1 amide bonds. The van der Waals surface area contributed by atoms with Crippen LogP contribution in [0, 0.1) is 19.7 Å². The summed E-state index contributed by atoms with van der Waals surface area (Å²) in [6.07, 6.45) is -11.9. The van der Waals surface area contributed by atoms with Crippen LogP contribution in [0.3, 0.4) is 0 Å². The van der Waals surface area contributed by atoms with Gasteiger partial charge in [-0.1, -0.05) is 12.1 Å². The maximum atomic E-state index is 15.9. The molecule has 3 heterocycles. The van der Waals surface area contributed by atoms with E-state index in [1.807, 2.05) is 0 Å². The number of amides is 1. The summed E-state index contributed by atoms with van der Waals surface area (Å²) in [5.41, 5.74) is -4.36. The highest BCUT2D eigenvalue weighted by molar-refractivity contribution is 5.85. The molecular formula is C37H31F8N3O5. The van der Waals surface area contributed by atoms with Crippen molar-refractivity contribution >= 4 is 11.9 Å². The molecular weight excluding hydrogens is 718 g/mol. The molecule has 1 aromatic heterocycles. The fourth-order valence-electron chi connectivity index (χ4n) is 6.75. The van der Waals surface area contributed by atoms with Gasteiger partial charge in [-0.3, -0.25) is 23.9 Å². The van der Waals surface area contributed by atoms with Gasteiger partial charge < -0.3 is 15.2 Å². The molecule has 3 aromatic carbocycles. The Morgan fingerprint density at radius 1 is 0.962 bits per heavy atom. The summed E-state index contributed by atoms with van der Waals surface area (Å²) >= 11 is 0. The Kier molecular flexibility index (Phi) is 9.87. The number of halogens is 8. The Morgan fingerprint density at radius 2 is 1.68 bits per heavy atom. The molecule has 2 aliphatic rings. The molecule has 1 fully saturated rings. The SMILES string of the molecule is Cc1cc2cc(c1F)[C@H](CC(=O)O)NC(=O)C(n1cc(CCN3CC(F)C3)c(C(F)(F)F)cc1=O)c1cc(cc(C(F)(F)F)c1)Oc1cccc(C)c1-2. The van der Waals surface area contributed by atoms with Crippen LogP contribution in [0.5, 0.6) is 11.5 Å². The highest BCUT2D eigenvalue weighted by atomic mass is 19.4. The minimum absolute atomic E-state index is 0.00703. The van der Waals surface area contributed by atoms with Crippen molar-refractivity contribution < 1.29 is 54.6 Å². The second-order valence-corrected chi connectivity index (χ2v) is 13.2. The number of carboxylic acid groups (broad SMARTS) is 1. The van der Waals surface area contributed by atoms with Crippen LogP contribution in [-0.2, 0) is 28.4 Å². The van der Waals surface area contributed by atoms with E-state index in [0.29, 0.717) is 34.0 Å². The number of carbonyl (C=O) groups is 2. The predicted molar refractivity (Wildman–Crippen MR) is 175 cm³/mol. The predicted octanol–water partition coefficient (Wildman–Crippen LogP) is 7.53. The van der Waals surface area contributed by atoms with Gasteiger partial charge in [-0.2, -0.15) is 26.3 Å². The second kappa shape index (κ2) is 14.0. The number of aromatic nitrogens is 1. The van der Waals surface area contributed by atoms with Gasteiger partial charge in [0.05, 0.1) is 23.6 Å². The fraction of sp³-hybridized carbons (Fsp3) is 0.324. The third kappa shape index (κ3) is 7.77. The normalized spacial score (nSPS) is 18.1. The first kappa shape index (κ1) is 37.5. The third-order valence-electron chi connectivity index (χ3n) is 9.28. The molecule has 280 valence electrons. The van der Waals surface area contributed by atoms with Crippen molar-refractivity contribution in [2.75, 3.05) is 19.6 Å². The maximum absolute atomic E-state index is 15.9. The first-order valence-corrected chi connectivity index (χ1v) is 16.3. The van der Waals surface area contributed by atoms with Crippen molar-refractivity contribution in [1.82, 2.24) is 14.8 Å². The summed E-state index contributed by atoms with van der Waals surface area (Å²) in [7, 11) is 0. The van der Waals surface area contributed by atoms with Gasteiger partial charge >= 0.3 is 18.3 Å². The molecule has 2 aliphatic heterocycles. The number of benzene rings is 3. The number of aryl methyl sites for hydroxylation is 2. The highest BCUT2D eigenvalue weighted by Crippen LogP contribution is 2.42. The number of fused-ring (bicyclic) bond motifs is 6.